The first-order valence-electron chi connectivity index (χ1n) is 4.24. The molecule has 0 saturated carbocycles. The number of rotatable bonds is 4. The van der Waals surface area contributed by atoms with Gasteiger partial charge in [0.15, 0.2) is 5.71 Å². The summed E-state index contributed by atoms with van der Waals surface area (Å²) in [5.74, 6) is -1.08. The fraction of sp³-hybridized carbons (Fsp3) is 0.200. The Bertz CT molecular complexity index is 373. The second kappa shape index (κ2) is 5.50. The van der Waals surface area contributed by atoms with Crippen LogP contribution < -0.4 is 0 Å². The van der Waals surface area contributed by atoms with E-state index in [4.69, 9.17) is 9.94 Å². The number of nitrogens with zero attached hydrogens (tertiary/aromatic N) is 1. The number of oxime groups is 1. The normalized spacial score (nSPS) is 11.2. The van der Waals surface area contributed by atoms with Gasteiger partial charge in [-0.05, 0) is 24.6 Å². The van der Waals surface area contributed by atoms with Crippen LogP contribution in [0.5, 0.6) is 0 Å². The average Bonchev–Trinajstić information content (AvgIpc) is 2.20. The van der Waals surface area contributed by atoms with Gasteiger partial charge < -0.3 is 9.94 Å². The zero-order valence-corrected chi connectivity index (χ0v) is 9.69. The van der Waals surface area contributed by atoms with E-state index in [1.165, 1.54) is 6.92 Å². The van der Waals surface area contributed by atoms with Crippen molar-refractivity contribution < 1.29 is 14.7 Å². The van der Waals surface area contributed by atoms with Crippen LogP contribution in [0.1, 0.15) is 12.5 Å². The summed E-state index contributed by atoms with van der Waals surface area (Å²) in [7, 11) is 0. The Balaban J connectivity index is 2.48. The van der Waals surface area contributed by atoms with Gasteiger partial charge in [0, 0.05) is 4.47 Å². The fourth-order valence-corrected chi connectivity index (χ4v) is 1.09. The van der Waals surface area contributed by atoms with Crippen molar-refractivity contribution >= 4 is 27.6 Å². The first kappa shape index (κ1) is 11.7. The van der Waals surface area contributed by atoms with Crippen molar-refractivity contribution in [3.05, 3.63) is 34.3 Å². The molecule has 1 N–H and O–H groups in total. The zero-order chi connectivity index (χ0) is 11.3. The molecule has 15 heavy (non-hydrogen) atoms. The maximum atomic E-state index is 10.4. The molecule has 0 aliphatic rings. The Kier molecular flexibility index (Phi) is 4.30. The molecule has 4 nitrogen and oxygen atoms in total. The maximum absolute atomic E-state index is 10.4. The van der Waals surface area contributed by atoms with E-state index in [9.17, 15) is 4.79 Å². The van der Waals surface area contributed by atoms with Crippen molar-refractivity contribution in [2.24, 2.45) is 5.16 Å². The minimum Gasteiger partial charge on any atom is -0.477 e. The predicted molar refractivity (Wildman–Crippen MR) is 59.7 cm³/mol. The molecular formula is C10H10BrNO3. The van der Waals surface area contributed by atoms with Crippen molar-refractivity contribution in [1.29, 1.82) is 0 Å². The smallest absolute Gasteiger partial charge is 0.353 e. The van der Waals surface area contributed by atoms with Crippen LogP contribution in [-0.2, 0) is 16.2 Å². The third-order valence-electron chi connectivity index (χ3n) is 1.66. The third kappa shape index (κ3) is 4.12. The lowest BCUT2D eigenvalue weighted by atomic mass is 10.2. The van der Waals surface area contributed by atoms with E-state index < -0.39 is 5.97 Å². The molecule has 1 rings (SSSR count). The van der Waals surface area contributed by atoms with Crippen LogP contribution in [0.25, 0.3) is 0 Å². The van der Waals surface area contributed by atoms with Crippen LogP contribution in [0.4, 0.5) is 0 Å². The minimum atomic E-state index is -1.08. The molecule has 0 aromatic heterocycles. The number of carbonyl (C=O) groups is 1. The molecule has 0 radical (unpaired) electrons. The van der Waals surface area contributed by atoms with Gasteiger partial charge in [0.05, 0.1) is 0 Å². The van der Waals surface area contributed by atoms with Crippen molar-refractivity contribution in [3.63, 3.8) is 0 Å². The standard InChI is InChI=1S/C10H10BrNO3/c1-7(10(13)14)12-15-6-8-2-4-9(11)5-3-8/h2-5H,6H2,1H3,(H,13,14)/b12-7-. The summed E-state index contributed by atoms with van der Waals surface area (Å²) in [5, 5.41) is 11.9. The van der Waals surface area contributed by atoms with E-state index in [0.29, 0.717) is 0 Å². The molecule has 0 aliphatic carbocycles. The van der Waals surface area contributed by atoms with Crippen LogP contribution in [-0.4, -0.2) is 16.8 Å². The van der Waals surface area contributed by atoms with Gasteiger partial charge >= 0.3 is 5.97 Å². The Morgan fingerprint density at radius 3 is 2.60 bits per heavy atom. The summed E-state index contributed by atoms with van der Waals surface area (Å²) in [6.07, 6.45) is 0. The largest absolute Gasteiger partial charge is 0.477 e. The van der Waals surface area contributed by atoms with Crippen molar-refractivity contribution in [3.8, 4) is 0 Å². The zero-order valence-electron chi connectivity index (χ0n) is 8.11. The molecule has 80 valence electrons. The van der Waals surface area contributed by atoms with Crippen LogP contribution in [0.2, 0.25) is 0 Å². The molecule has 1 aromatic carbocycles. The molecule has 0 amide bonds. The molecule has 1 aromatic rings. The topological polar surface area (TPSA) is 58.9 Å². The second-order valence-corrected chi connectivity index (χ2v) is 3.80. The molecule has 0 atom stereocenters. The van der Waals surface area contributed by atoms with Gasteiger partial charge in [0.1, 0.15) is 6.61 Å². The second-order valence-electron chi connectivity index (χ2n) is 2.88. The van der Waals surface area contributed by atoms with Crippen molar-refractivity contribution in [2.45, 2.75) is 13.5 Å². The number of hydrogen-bond acceptors (Lipinski definition) is 3. The Labute approximate surface area is 95.7 Å². The first-order valence-corrected chi connectivity index (χ1v) is 5.03. The van der Waals surface area contributed by atoms with Gasteiger partial charge in [-0.1, -0.05) is 33.2 Å². The summed E-state index contributed by atoms with van der Waals surface area (Å²) < 4.78 is 0.983. The monoisotopic (exact) mass is 271 g/mol. The number of benzene rings is 1. The lowest BCUT2D eigenvalue weighted by molar-refractivity contribution is -0.129. The summed E-state index contributed by atoms with van der Waals surface area (Å²) in [6.45, 7) is 1.64. The van der Waals surface area contributed by atoms with Gasteiger partial charge in [-0.3, -0.25) is 0 Å². The molecule has 5 heteroatoms. The molecule has 0 aliphatic heterocycles. The van der Waals surface area contributed by atoms with E-state index in [2.05, 4.69) is 21.1 Å². The van der Waals surface area contributed by atoms with Crippen LogP contribution in [0, 0.1) is 0 Å². The number of carboxylic acids is 1. The van der Waals surface area contributed by atoms with Gasteiger partial charge in [0.2, 0.25) is 0 Å². The van der Waals surface area contributed by atoms with Gasteiger partial charge in [0.25, 0.3) is 0 Å². The molecule has 0 heterocycles. The van der Waals surface area contributed by atoms with Crippen LogP contribution in [0.15, 0.2) is 33.9 Å². The highest BCUT2D eigenvalue weighted by molar-refractivity contribution is 9.10. The fourth-order valence-electron chi connectivity index (χ4n) is 0.823. The van der Waals surface area contributed by atoms with Gasteiger partial charge in [-0.15, -0.1) is 0 Å². The number of halogens is 1. The highest BCUT2D eigenvalue weighted by Gasteiger charge is 2.01. The molecular weight excluding hydrogens is 262 g/mol. The Morgan fingerprint density at radius 2 is 2.07 bits per heavy atom. The average molecular weight is 272 g/mol. The molecule has 0 saturated heterocycles. The van der Waals surface area contributed by atoms with E-state index >= 15 is 0 Å². The highest BCUT2D eigenvalue weighted by atomic mass is 79.9. The van der Waals surface area contributed by atoms with E-state index in [1.54, 1.807) is 0 Å². The summed E-state index contributed by atoms with van der Waals surface area (Å²) >= 11 is 3.31. The van der Waals surface area contributed by atoms with Crippen molar-refractivity contribution in [2.75, 3.05) is 0 Å². The summed E-state index contributed by atoms with van der Waals surface area (Å²) in [5.41, 5.74) is 0.868. The maximum Gasteiger partial charge on any atom is 0.353 e. The third-order valence-corrected chi connectivity index (χ3v) is 2.18. The highest BCUT2D eigenvalue weighted by Crippen LogP contribution is 2.11. The lowest BCUT2D eigenvalue weighted by Crippen LogP contribution is -2.08. The number of carboxylic acid groups (broad SMARTS) is 1. The SMILES string of the molecule is C/C(=N/OCc1ccc(Br)cc1)C(=O)O. The quantitative estimate of drug-likeness (QED) is 0.676. The summed E-state index contributed by atoms with van der Waals surface area (Å²) in [6, 6.07) is 7.50. The molecule has 0 unspecified atom stereocenters. The van der Waals surface area contributed by atoms with E-state index in [-0.39, 0.29) is 12.3 Å². The van der Waals surface area contributed by atoms with Gasteiger partial charge in [-0.2, -0.15) is 0 Å². The van der Waals surface area contributed by atoms with Crippen molar-refractivity contribution in [1.82, 2.24) is 0 Å². The predicted octanol–water partition coefficient (Wildman–Crippen LogP) is 2.43. The number of aliphatic carboxylic acids is 1. The molecule has 0 spiro atoms. The summed E-state index contributed by atoms with van der Waals surface area (Å²) in [4.78, 5) is 15.2. The minimum absolute atomic E-state index is 0.0629. The van der Waals surface area contributed by atoms with Crippen LogP contribution >= 0.6 is 15.9 Å². The van der Waals surface area contributed by atoms with Crippen LogP contribution in [0.3, 0.4) is 0 Å². The van der Waals surface area contributed by atoms with E-state index in [0.717, 1.165) is 10.0 Å². The first-order chi connectivity index (χ1) is 7.09. The lowest BCUT2D eigenvalue weighted by Gasteiger charge is -2.00. The number of hydrogen-bond donors (Lipinski definition) is 1. The Morgan fingerprint density at radius 1 is 1.47 bits per heavy atom. The molecule has 0 fully saturated rings. The van der Waals surface area contributed by atoms with Gasteiger partial charge in [-0.25, -0.2) is 4.79 Å². The molecule has 0 bridgehead atoms. The van der Waals surface area contributed by atoms with E-state index in [1.807, 2.05) is 24.3 Å². The Hall–Kier alpha value is -1.36.